The van der Waals surface area contributed by atoms with Crippen molar-refractivity contribution in [2.75, 3.05) is 0 Å². The Hall–Kier alpha value is -1.88. The molecule has 0 saturated carbocycles. The number of Topliss-reactive ketones (excluding diaryl/α,β-unsaturated/α-hetero) is 1. The maximum atomic E-state index is 11.3. The van der Waals surface area contributed by atoms with E-state index in [0.717, 1.165) is 0 Å². The predicted molar refractivity (Wildman–Crippen MR) is 57.8 cm³/mol. The molecule has 0 radical (unpaired) electrons. The zero-order chi connectivity index (χ0) is 11.9. The number of carbonyl (C=O) groups is 2. The number of H-pyrrole nitrogens is 1. The van der Waals surface area contributed by atoms with E-state index >= 15 is 0 Å². The number of pyridine rings is 1. The Morgan fingerprint density at radius 2 is 2.19 bits per heavy atom. The molecule has 0 saturated heterocycles. The van der Waals surface area contributed by atoms with E-state index in [2.05, 4.69) is 9.97 Å². The number of ketones is 1. The molecular weight excluding hydrogens is 232 g/mol. The van der Waals surface area contributed by atoms with Crippen LogP contribution in [0.3, 0.4) is 0 Å². The number of fused-ring (bicyclic) bond motifs is 1. The second-order valence-electron chi connectivity index (χ2n) is 3.31. The summed E-state index contributed by atoms with van der Waals surface area (Å²) < 4.78 is 0. The van der Waals surface area contributed by atoms with Gasteiger partial charge in [0.1, 0.15) is 5.52 Å². The van der Waals surface area contributed by atoms with Gasteiger partial charge in [-0.05, 0) is 13.0 Å². The lowest BCUT2D eigenvalue weighted by molar-refractivity contribution is -0.131. The molecule has 5 nitrogen and oxygen atoms in total. The lowest BCUT2D eigenvalue weighted by Crippen LogP contribution is -2.12. The lowest BCUT2D eigenvalue weighted by atomic mass is 10.2. The highest BCUT2D eigenvalue weighted by Gasteiger charge is 2.20. The van der Waals surface area contributed by atoms with Crippen LogP contribution in [0.2, 0.25) is 5.02 Å². The Bertz CT molecular complexity index is 603. The van der Waals surface area contributed by atoms with Crippen molar-refractivity contribution in [1.29, 1.82) is 0 Å². The first-order valence-corrected chi connectivity index (χ1v) is 4.80. The number of hydrogen-bond acceptors (Lipinski definition) is 3. The molecule has 0 aromatic carbocycles. The summed E-state index contributed by atoms with van der Waals surface area (Å²) in [6, 6.07) is 1.63. The number of carboxylic acids is 1. The van der Waals surface area contributed by atoms with Gasteiger partial charge in [-0.1, -0.05) is 11.6 Å². The van der Waals surface area contributed by atoms with Crippen LogP contribution in [0.15, 0.2) is 12.3 Å². The fourth-order valence-electron chi connectivity index (χ4n) is 1.47. The number of aliphatic carboxylic acids is 1. The Labute approximate surface area is 95.1 Å². The molecule has 0 bridgehead atoms. The van der Waals surface area contributed by atoms with Crippen LogP contribution in [0.25, 0.3) is 11.0 Å². The molecule has 2 N–H and O–H groups in total. The minimum Gasteiger partial charge on any atom is -0.475 e. The Morgan fingerprint density at radius 3 is 2.81 bits per heavy atom. The van der Waals surface area contributed by atoms with Gasteiger partial charge in [0.05, 0.1) is 16.1 Å². The number of carbonyl (C=O) groups excluding carboxylic acids is 1. The molecule has 0 atom stereocenters. The van der Waals surface area contributed by atoms with Crippen LogP contribution in [0.1, 0.15) is 16.1 Å². The number of rotatable bonds is 2. The van der Waals surface area contributed by atoms with Crippen LogP contribution in [0, 0.1) is 6.92 Å². The fourth-order valence-corrected chi connectivity index (χ4v) is 1.77. The summed E-state index contributed by atoms with van der Waals surface area (Å²) in [5.41, 5.74) is 1.40. The summed E-state index contributed by atoms with van der Waals surface area (Å²) in [7, 11) is 0. The summed E-state index contributed by atoms with van der Waals surface area (Å²) in [5.74, 6) is -2.51. The summed E-state index contributed by atoms with van der Waals surface area (Å²) >= 11 is 5.93. The second-order valence-corrected chi connectivity index (χ2v) is 3.71. The molecule has 2 heterocycles. The number of halogens is 1. The highest BCUT2D eigenvalue weighted by molar-refractivity contribution is 6.43. The highest BCUT2D eigenvalue weighted by Crippen LogP contribution is 2.24. The minimum absolute atomic E-state index is 0.0214. The van der Waals surface area contributed by atoms with E-state index in [1.54, 1.807) is 13.0 Å². The molecule has 82 valence electrons. The Balaban J connectivity index is 2.74. The maximum absolute atomic E-state index is 11.3. The zero-order valence-electron chi connectivity index (χ0n) is 8.24. The molecule has 2 aromatic rings. The van der Waals surface area contributed by atoms with Crippen molar-refractivity contribution in [2.45, 2.75) is 6.92 Å². The molecule has 6 heteroatoms. The van der Waals surface area contributed by atoms with Crippen molar-refractivity contribution in [1.82, 2.24) is 9.97 Å². The number of nitrogens with zero attached hydrogens (tertiary/aromatic N) is 1. The molecule has 0 aliphatic carbocycles. The number of aromatic amines is 1. The number of aryl methyl sites for hydroxylation is 1. The molecule has 2 rings (SSSR count). The van der Waals surface area contributed by atoms with Gasteiger partial charge in [-0.15, -0.1) is 0 Å². The van der Waals surface area contributed by atoms with Crippen molar-refractivity contribution in [2.24, 2.45) is 0 Å². The minimum atomic E-state index is -1.51. The van der Waals surface area contributed by atoms with Crippen LogP contribution in [-0.2, 0) is 4.79 Å². The lowest BCUT2D eigenvalue weighted by Gasteiger charge is -1.97. The van der Waals surface area contributed by atoms with E-state index < -0.39 is 11.8 Å². The van der Waals surface area contributed by atoms with Gasteiger partial charge in [0.2, 0.25) is 0 Å². The summed E-state index contributed by atoms with van der Waals surface area (Å²) in [6.45, 7) is 1.72. The average molecular weight is 239 g/mol. The average Bonchev–Trinajstić information content (AvgIpc) is 2.60. The summed E-state index contributed by atoms with van der Waals surface area (Å²) in [6.07, 6.45) is 1.30. The van der Waals surface area contributed by atoms with Gasteiger partial charge in [-0.25, -0.2) is 4.79 Å². The van der Waals surface area contributed by atoms with E-state index in [0.29, 0.717) is 16.2 Å². The monoisotopic (exact) mass is 238 g/mol. The second kappa shape index (κ2) is 3.61. The van der Waals surface area contributed by atoms with Gasteiger partial charge >= 0.3 is 5.97 Å². The quantitative estimate of drug-likeness (QED) is 0.617. The topological polar surface area (TPSA) is 83.0 Å². The third-order valence-electron chi connectivity index (χ3n) is 2.15. The fraction of sp³-hybridized carbons (Fsp3) is 0.100. The zero-order valence-corrected chi connectivity index (χ0v) is 9.00. The number of hydrogen-bond donors (Lipinski definition) is 2. The van der Waals surface area contributed by atoms with Gasteiger partial charge in [-0.3, -0.25) is 9.78 Å². The van der Waals surface area contributed by atoms with E-state index in [9.17, 15) is 9.59 Å². The van der Waals surface area contributed by atoms with Gasteiger partial charge in [0.25, 0.3) is 5.78 Å². The van der Waals surface area contributed by atoms with Crippen molar-refractivity contribution in [3.8, 4) is 0 Å². The largest absolute Gasteiger partial charge is 0.475 e. The van der Waals surface area contributed by atoms with Crippen molar-refractivity contribution in [3.63, 3.8) is 0 Å². The predicted octanol–water partition coefficient (Wildman–Crippen LogP) is 1.79. The van der Waals surface area contributed by atoms with Crippen molar-refractivity contribution >= 4 is 34.4 Å². The first-order valence-electron chi connectivity index (χ1n) is 4.42. The van der Waals surface area contributed by atoms with Crippen LogP contribution in [0.4, 0.5) is 0 Å². The molecular formula is C10H7ClN2O3. The van der Waals surface area contributed by atoms with E-state index in [-0.39, 0.29) is 11.1 Å². The van der Waals surface area contributed by atoms with Crippen LogP contribution in [-0.4, -0.2) is 26.8 Å². The SMILES string of the molecule is Cc1cc(Cl)c2[nH]cc(C(=O)C(=O)O)c2n1. The maximum Gasteiger partial charge on any atom is 0.377 e. The summed E-state index contributed by atoms with van der Waals surface area (Å²) in [5, 5.41) is 9.04. The highest BCUT2D eigenvalue weighted by atomic mass is 35.5. The molecule has 2 aromatic heterocycles. The Morgan fingerprint density at radius 1 is 1.50 bits per heavy atom. The van der Waals surface area contributed by atoms with Gasteiger partial charge < -0.3 is 10.1 Å². The molecule has 0 aliphatic heterocycles. The van der Waals surface area contributed by atoms with E-state index in [1.165, 1.54) is 6.20 Å². The van der Waals surface area contributed by atoms with Crippen LogP contribution >= 0.6 is 11.6 Å². The number of aromatic nitrogens is 2. The first-order chi connectivity index (χ1) is 7.50. The Kier molecular flexibility index (Phi) is 2.40. The van der Waals surface area contributed by atoms with Gasteiger partial charge in [-0.2, -0.15) is 0 Å². The summed E-state index contributed by atoms with van der Waals surface area (Å²) in [4.78, 5) is 28.8. The normalized spacial score (nSPS) is 10.6. The van der Waals surface area contributed by atoms with Crippen molar-refractivity contribution in [3.05, 3.63) is 28.5 Å². The molecule has 0 fully saturated rings. The number of carboxylic acid groups (broad SMARTS) is 1. The van der Waals surface area contributed by atoms with Crippen molar-refractivity contribution < 1.29 is 14.7 Å². The third kappa shape index (κ3) is 1.55. The molecule has 0 amide bonds. The smallest absolute Gasteiger partial charge is 0.377 e. The molecule has 16 heavy (non-hydrogen) atoms. The molecule has 0 aliphatic rings. The van der Waals surface area contributed by atoms with Crippen LogP contribution in [0.5, 0.6) is 0 Å². The third-order valence-corrected chi connectivity index (χ3v) is 2.45. The molecule has 0 spiro atoms. The van der Waals surface area contributed by atoms with E-state index in [4.69, 9.17) is 16.7 Å². The first kappa shape index (κ1) is 10.6. The number of nitrogens with one attached hydrogen (secondary N) is 1. The van der Waals surface area contributed by atoms with Gasteiger partial charge in [0, 0.05) is 11.9 Å². The van der Waals surface area contributed by atoms with Crippen LogP contribution < -0.4 is 0 Å². The van der Waals surface area contributed by atoms with E-state index in [1.807, 2.05) is 0 Å². The standard InChI is InChI=1S/C10H7ClN2O3/c1-4-2-6(11)8-7(13-4)5(3-12-8)9(14)10(15)16/h2-3,12H,1H3,(H,15,16). The van der Waals surface area contributed by atoms with Gasteiger partial charge in [0.15, 0.2) is 0 Å². The molecule has 0 unspecified atom stereocenters.